The van der Waals surface area contributed by atoms with Crippen molar-refractivity contribution in [1.82, 2.24) is 5.32 Å². The maximum absolute atomic E-state index is 12.5. The van der Waals surface area contributed by atoms with Crippen LogP contribution in [0.4, 0.5) is 13.2 Å². The Kier molecular flexibility index (Phi) is 7.39. The minimum Gasteiger partial charge on any atom is -0.480 e. The molecule has 1 rings (SSSR count). The smallest absolute Gasteiger partial charge is 0.416 e. The van der Waals surface area contributed by atoms with Crippen molar-refractivity contribution in [3.05, 3.63) is 35.4 Å². The van der Waals surface area contributed by atoms with E-state index in [0.29, 0.717) is 12.8 Å². The molecule has 1 aromatic carbocycles. The topological polar surface area (TPSA) is 110 Å². The third-order valence-corrected chi connectivity index (χ3v) is 3.45. The molecule has 25 heavy (non-hydrogen) atoms. The van der Waals surface area contributed by atoms with Gasteiger partial charge in [0.05, 0.1) is 11.6 Å². The van der Waals surface area contributed by atoms with Gasteiger partial charge in [0.1, 0.15) is 6.04 Å². The quantitative estimate of drug-likeness (QED) is 0.618. The normalized spacial score (nSPS) is 13.6. The molecule has 3 N–H and O–H groups in total. The Bertz CT molecular complexity index is 638. The number of rotatable bonds is 8. The Morgan fingerprint density at radius 3 is 2.28 bits per heavy atom. The highest BCUT2D eigenvalue weighted by Gasteiger charge is 2.31. The highest BCUT2D eigenvalue weighted by atomic mass is 19.4. The van der Waals surface area contributed by atoms with Crippen LogP contribution in [0.25, 0.3) is 0 Å². The van der Waals surface area contributed by atoms with E-state index < -0.39 is 35.8 Å². The molecule has 9 heteroatoms. The maximum atomic E-state index is 12.5. The Morgan fingerprint density at radius 1 is 1.20 bits per heavy atom. The summed E-state index contributed by atoms with van der Waals surface area (Å²) in [5.74, 6) is -2.32. The zero-order valence-electron chi connectivity index (χ0n) is 13.1. The van der Waals surface area contributed by atoms with E-state index in [0.717, 1.165) is 24.3 Å². The molecule has 0 saturated heterocycles. The highest BCUT2D eigenvalue weighted by molar-refractivity contribution is 5.86. The van der Waals surface area contributed by atoms with Gasteiger partial charge in [-0.15, -0.1) is 0 Å². The standard InChI is InChI=1S/C16H17F3N2O4/c17-16(18,19)11-7-5-10(6-8-11)13(22)14(23)21-12(15(24)25)4-2-1-3-9-20/h5-8,12-13,22H,1-4H2,(H,21,23)(H,24,25)/t12-,13-/m1/s1. The number of aliphatic hydroxyl groups excluding tert-OH is 1. The number of carbonyl (C=O) groups excluding carboxylic acids is 1. The van der Waals surface area contributed by atoms with Crippen LogP contribution in [0.3, 0.4) is 0 Å². The number of unbranched alkanes of at least 4 members (excludes halogenated alkanes) is 2. The average Bonchev–Trinajstić information content (AvgIpc) is 2.55. The van der Waals surface area contributed by atoms with Crippen LogP contribution in [0.1, 0.15) is 42.9 Å². The fourth-order valence-electron chi connectivity index (χ4n) is 2.07. The van der Waals surface area contributed by atoms with E-state index in [4.69, 9.17) is 10.4 Å². The van der Waals surface area contributed by atoms with Crippen molar-refractivity contribution in [1.29, 1.82) is 5.26 Å². The van der Waals surface area contributed by atoms with E-state index >= 15 is 0 Å². The summed E-state index contributed by atoms with van der Waals surface area (Å²) in [6.45, 7) is 0. The van der Waals surface area contributed by atoms with Crippen LogP contribution < -0.4 is 5.32 Å². The number of alkyl halides is 3. The van der Waals surface area contributed by atoms with Gasteiger partial charge in [-0.1, -0.05) is 12.1 Å². The number of hydrogen-bond donors (Lipinski definition) is 3. The molecule has 0 fully saturated rings. The van der Waals surface area contributed by atoms with Gasteiger partial charge in [0.2, 0.25) is 0 Å². The first-order valence-electron chi connectivity index (χ1n) is 7.42. The van der Waals surface area contributed by atoms with Crippen LogP contribution in [-0.4, -0.2) is 28.1 Å². The Labute approximate surface area is 141 Å². The number of halogens is 3. The Balaban J connectivity index is 2.70. The van der Waals surface area contributed by atoms with Gasteiger partial charge in [0, 0.05) is 6.42 Å². The van der Waals surface area contributed by atoms with Gasteiger partial charge in [0.15, 0.2) is 6.10 Å². The summed E-state index contributed by atoms with van der Waals surface area (Å²) in [6.07, 6.45) is -5.14. The molecule has 1 amide bonds. The molecule has 0 heterocycles. The predicted octanol–water partition coefficient (Wildman–Crippen LogP) is 2.39. The largest absolute Gasteiger partial charge is 0.480 e. The number of nitrogens with one attached hydrogen (secondary N) is 1. The minimum atomic E-state index is -4.54. The second kappa shape index (κ2) is 9.03. The van der Waals surface area contributed by atoms with E-state index in [2.05, 4.69) is 5.32 Å². The lowest BCUT2D eigenvalue weighted by molar-refractivity contribution is -0.143. The van der Waals surface area contributed by atoms with Crippen molar-refractivity contribution in [3.63, 3.8) is 0 Å². The van der Waals surface area contributed by atoms with E-state index in [1.165, 1.54) is 0 Å². The van der Waals surface area contributed by atoms with Crippen molar-refractivity contribution < 1.29 is 33.0 Å². The molecule has 1 aromatic rings. The molecular formula is C16H17F3N2O4. The van der Waals surface area contributed by atoms with E-state index in [1.807, 2.05) is 6.07 Å². The molecule has 0 bridgehead atoms. The van der Waals surface area contributed by atoms with Gasteiger partial charge in [-0.3, -0.25) is 4.79 Å². The molecular weight excluding hydrogens is 341 g/mol. The van der Waals surface area contributed by atoms with Crippen molar-refractivity contribution in [2.75, 3.05) is 0 Å². The number of aliphatic hydroxyl groups is 1. The minimum absolute atomic E-state index is 0.0719. The number of hydrogen-bond acceptors (Lipinski definition) is 4. The molecule has 0 unspecified atom stereocenters. The average molecular weight is 358 g/mol. The molecule has 0 aliphatic rings. The van der Waals surface area contributed by atoms with Crippen molar-refractivity contribution in [3.8, 4) is 6.07 Å². The molecule has 6 nitrogen and oxygen atoms in total. The summed E-state index contributed by atoms with van der Waals surface area (Å²) < 4.78 is 37.5. The third-order valence-electron chi connectivity index (χ3n) is 3.45. The number of carbonyl (C=O) groups is 2. The number of amides is 1. The first kappa shape index (κ1) is 20.4. The molecule has 2 atom stereocenters. The van der Waals surface area contributed by atoms with Crippen molar-refractivity contribution in [2.24, 2.45) is 0 Å². The summed E-state index contributed by atoms with van der Waals surface area (Å²) in [6, 6.07) is 4.01. The number of aliphatic carboxylic acids is 1. The fourth-order valence-corrected chi connectivity index (χ4v) is 2.07. The van der Waals surface area contributed by atoms with Gasteiger partial charge < -0.3 is 15.5 Å². The monoisotopic (exact) mass is 358 g/mol. The van der Waals surface area contributed by atoms with E-state index in [1.54, 1.807) is 0 Å². The second-order valence-electron chi connectivity index (χ2n) is 5.33. The maximum Gasteiger partial charge on any atom is 0.416 e. The Hall–Kier alpha value is -2.60. The SMILES string of the molecule is N#CCCCC[C@@H](NC(=O)[C@H](O)c1ccc(C(F)(F)F)cc1)C(=O)O. The van der Waals surface area contributed by atoms with Gasteiger partial charge in [-0.25, -0.2) is 4.79 Å². The van der Waals surface area contributed by atoms with Gasteiger partial charge in [-0.05, 0) is 37.0 Å². The molecule has 0 aliphatic heterocycles. The number of nitriles is 1. The van der Waals surface area contributed by atoms with Crippen LogP contribution >= 0.6 is 0 Å². The zero-order chi connectivity index (χ0) is 19.0. The zero-order valence-corrected chi connectivity index (χ0v) is 13.1. The van der Waals surface area contributed by atoms with Gasteiger partial charge >= 0.3 is 12.1 Å². The summed E-state index contributed by atoms with van der Waals surface area (Å²) >= 11 is 0. The molecule has 0 aromatic heterocycles. The molecule has 0 aliphatic carbocycles. The summed E-state index contributed by atoms with van der Waals surface area (Å²) in [4.78, 5) is 23.1. The third kappa shape index (κ3) is 6.43. The molecule has 0 saturated carbocycles. The van der Waals surface area contributed by atoms with E-state index in [9.17, 15) is 27.9 Å². The lowest BCUT2D eigenvalue weighted by Crippen LogP contribution is -2.43. The lowest BCUT2D eigenvalue weighted by Gasteiger charge is -2.17. The summed E-state index contributed by atoms with van der Waals surface area (Å²) in [7, 11) is 0. The van der Waals surface area contributed by atoms with Crippen molar-refractivity contribution >= 4 is 11.9 Å². The van der Waals surface area contributed by atoms with Crippen LogP contribution in [0.5, 0.6) is 0 Å². The van der Waals surface area contributed by atoms with Crippen LogP contribution in [0.2, 0.25) is 0 Å². The number of benzene rings is 1. The van der Waals surface area contributed by atoms with Gasteiger partial charge in [0.25, 0.3) is 5.91 Å². The first-order chi connectivity index (χ1) is 11.7. The summed E-state index contributed by atoms with van der Waals surface area (Å²) in [5, 5.41) is 29.5. The molecule has 136 valence electrons. The van der Waals surface area contributed by atoms with Gasteiger partial charge in [-0.2, -0.15) is 18.4 Å². The number of nitrogens with zero attached hydrogens (tertiary/aromatic N) is 1. The number of carboxylic acids is 1. The predicted molar refractivity (Wildman–Crippen MR) is 80.1 cm³/mol. The number of carboxylic acid groups (broad SMARTS) is 1. The second-order valence-corrected chi connectivity index (χ2v) is 5.33. The van der Waals surface area contributed by atoms with E-state index in [-0.39, 0.29) is 18.4 Å². The van der Waals surface area contributed by atoms with Crippen LogP contribution in [0.15, 0.2) is 24.3 Å². The first-order valence-corrected chi connectivity index (χ1v) is 7.42. The summed E-state index contributed by atoms with van der Waals surface area (Å²) in [5.41, 5.74) is -1.01. The van der Waals surface area contributed by atoms with Crippen LogP contribution in [0, 0.1) is 11.3 Å². The fraction of sp³-hybridized carbons (Fsp3) is 0.438. The lowest BCUT2D eigenvalue weighted by atomic mass is 10.0. The van der Waals surface area contributed by atoms with Crippen molar-refractivity contribution in [2.45, 2.75) is 44.0 Å². The Morgan fingerprint density at radius 2 is 1.80 bits per heavy atom. The highest BCUT2D eigenvalue weighted by Crippen LogP contribution is 2.30. The van der Waals surface area contributed by atoms with Crippen LogP contribution in [-0.2, 0) is 15.8 Å². The molecule has 0 spiro atoms. The molecule has 0 radical (unpaired) electrons.